The maximum absolute atomic E-state index is 12.2. The molecule has 0 saturated carbocycles. The molecule has 0 spiro atoms. The average Bonchev–Trinajstić information content (AvgIpc) is 3.16. The maximum Gasteiger partial charge on any atom is 0.412 e. The highest BCUT2D eigenvalue weighted by molar-refractivity contribution is 5.91. The Labute approximate surface area is 139 Å². The first-order valence-corrected chi connectivity index (χ1v) is 7.56. The monoisotopic (exact) mass is 330 g/mol. The summed E-state index contributed by atoms with van der Waals surface area (Å²) in [7, 11) is 1.30. The molecule has 1 aliphatic rings. The number of pyridine rings is 1. The number of nitrogens with one attached hydrogen (secondary N) is 1. The van der Waals surface area contributed by atoms with Crippen LogP contribution in [0.1, 0.15) is 10.6 Å². The first kappa shape index (κ1) is 15.9. The molecular formula is C16H18N4O4. The summed E-state index contributed by atoms with van der Waals surface area (Å²) in [5.41, 5.74) is 0.940. The van der Waals surface area contributed by atoms with Crippen molar-refractivity contribution in [1.29, 1.82) is 0 Å². The van der Waals surface area contributed by atoms with Crippen LogP contribution >= 0.6 is 0 Å². The highest BCUT2D eigenvalue weighted by Gasteiger charge is 2.23. The van der Waals surface area contributed by atoms with E-state index in [4.69, 9.17) is 4.42 Å². The minimum absolute atomic E-state index is 0.0876. The molecule has 0 aromatic carbocycles. The number of amides is 2. The maximum atomic E-state index is 12.2. The lowest BCUT2D eigenvalue weighted by Gasteiger charge is -2.35. The van der Waals surface area contributed by atoms with E-state index in [1.807, 2.05) is 6.07 Å². The summed E-state index contributed by atoms with van der Waals surface area (Å²) in [6.45, 7) is 2.64. The van der Waals surface area contributed by atoms with Crippen LogP contribution in [0.5, 0.6) is 0 Å². The van der Waals surface area contributed by atoms with Gasteiger partial charge in [0.05, 0.1) is 25.3 Å². The Balaban J connectivity index is 1.56. The normalized spacial score (nSPS) is 14.4. The highest BCUT2D eigenvalue weighted by Crippen LogP contribution is 2.18. The number of methoxy groups -OCH3 is 1. The van der Waals surface area contributed by atoms with Crippen LogP contribution in [0.3, 0.4) is 0 Å². The van der Waals surface area contributed by atoms with Crippen molar-refractivity contribution in [2.45, 2.75) is 0 Å². The molecule has 0 bridgehead atoms. The topological polar surface area (TPSA) is 87.9 Å². The molecule has 1 aliphatic heterocycles. The molecule has 1 saturated heterocycles. The molecule has 2 amide bonds. The summed E-state index contributed by atoms with van der Waals surface area (Å²) in [5, 5.41) is 2.51. The number of piperazine rings is 1. The lowest BCUT2D eigenvalue weighted by Crippen LogP contribution is -2.48. The number of ether oxygens (including phenoxy) is 1. The van der Waals surface area contributed by atoms with E-state index >= 15 is 0 Å². The van der Waals surface area contributed by atoms with Crippen LogP contribution in [-0.4, -0.2) is 55.2 Å². The first-order chi connectivity index (χ1) is 11.7. The Morgan fingerprint density at radius 2 is 2.00 bits per heavy atom. The summed E-state index contributed by atoms with van der Waals surface area (Å²) in [6.07, 6.45) is 2.63. The summed E-state index contributed by atoms with van der Waals surface area (Å²) in [5.74, 6) is 0.705. The Morgan fingerprint density at radius 3 is 2.58 bits per heavy atom. The highest BCUT2D eigenvalue weighted by atomic mass is 16.5. The molecule has 8 heteroatoms. The molecule has 0 unspecified atom stereocenters. The van der Waals surface area contributed by atoms with Crippen LogP contribution in [0, 0.1) is 0 Å². The number of anilines is 2. The lowest BCUT2D eigenvalue weighted by molar-refractivity contribution is 0.0714. The van der Waals surface area contributed by atoms with Gasteiger partial charge in [-0.2, -0.15) is 0 Å². The van der Waals surface area contributed by atoms with Crippen LogP contribution in [0.25, 0.3) is 0 Å². The van der Waals surface area contributed by atoms with E-state index in [0.29, 0.717) is 37.8 Å². The van der Waals surface area contributed by atoms with E-state index in [0.717, 1.165) is 5.69 Å². The van der Waals surface area contributed by atoms with Gasteiger partial charge >= 0.3 is 6.09 Å². The third kappa shape index (κ3) is 3.48. The van der Waals surface area contributed by atoms with Gasteiger partial charge in [0, 0.05) is 26.2 Å². The average molecular weight is 330 g/mol. The molecule has 0 aliphatic carbocycles. The molecule has 24 heavy (non-hydrogen) atoms. The predicted octanol–water partition coefficient (Wildman–Crippen LogP) is 1.82. The van der Waals surface area contributed by atoms with Gasteiger partial charge in [0.25, 0.3) is 5.91 Å². The van der Waals surface area contributed by atoms with Gasteiger partial charge in [-0.1, -0.05) is 0 Å². The molecule has 1 N–H and O–H groups in total. The Kier molecular flexibility index (Phi) is 4.64. The standard InChI is InChI=1S/C16H18N4O4/c1-23-16(22)18-14-5-4-12(11-17-14)19-6-8-20(9-7-19)15(21)13-3-2-10-24-13/h2-5,10-11H,6-9H2,1H3,(H,17,18,22). The van der Waals surface area contributed by atoms with E-state index in [-0.39, 0.29) is 5.91 Å². The number of nitrogens with zero attached hydrogens (tertiary/aromatic N) is 3. The predicted molar refractivity (Wildman–Crippen MR) is 87.1 cm³/mol. The molecule has 1 fully saturated rings. The van der Waals surface area contributed by atoms with Gasteiger partial charge in [0.15, 0.2) is 5.76 Å². The van der Waals surface area contributed by atoms with E-state index in [1.165, 1.54) is 13.4 Å². The van der Waals surface area contributed by atoms with Gasteiger partial charge in [0.2, 0.25) is 0 Å². The lowest BCUT2D eigenvalue weighted by atomic mass is 10.2. The second kappa shape index (κ2) is 7.03. The van der Waals surface area contributed by atoms with Crippen LogP contribution in [-0.2, 0) is 4.74 Å². The number of carbonyl (C=O) groups is 2. The van der Waals surface area contributed by atoms with Crippen molar-refractivity contribution in [2.24, 2.45) is 0 Å². The number of furan rings is 1. The van der Waals surface area contributed by atoms with E-state index in [1.54, 1.807) is 29.3 Å². The zero-order valence-electron chi connectivity index (χ0n) is 13.3. The number of aromatic nitrogens is 1. The molecule has 0 atom stereocenters. The van der Waals surface area contributed by atoms with Crippen molar-refractivity contribution in [3.05, 3.63) is 42.5 Å². The second-order valence-electron chi connectivity index (χ2n) is 5.27. The first-order valence-electron chi connectivity index (χ1n) is 7.56. The van der Waals surface area contributed by atoms with Crippen molar-refractivity contribution in [3.63, 3.8) is 0 Å². The third-order valence-electron chi connectivity index (χ3n) is 3.83. The number of rotatable bonds is 3. The van der Waals surface area contributed by atoms with Gasteiger partial charge in [-0.15, -0.1) is 0 Å². The van der Waals surface area contributed by atoms with Gasteiger partial charge in [-0.05, 0) is 24.3 Å². The minimum atomic E-state index is -0.555. The largest absolute Gasteiger partial charge is 0.459 e. The number of hydrogen-bond acceptors (Lipinski definition) is 6. The molecular weight excluding hydrogens is 312 g/mol. The van der Waals surface area contributed by atoms with Crippen molar-refractivity contribution >= 4 is 23.5 Å². The fourth-order valence-electron chi connectivity index (χ4n) is 2.53. The van der Waals surface area contributed by atoms with Gasteiger partial charge in [0.1, 0.15) is 5.82 Å². The quantitative estimate of drug-likeness (QED) is 0.923. The van der Waals surface area contributed by atoms with Crippen molar-refractivity contribution < 1.29 is 18.7 Å². The van der Waals surface area contributed by atoms with E-state index in [9.17, 15) is 9.59 Å². The zero-order chi connectivity index (χ0) is 16.9. The van der Waals surface area contributed by atoms with Crippen LogP contribution in [0.4, 0.5) is 16.3 Å². The molecule has 2 aromatic heterocycles. The summed E-state index contributed by atoms with van der Waals surface area (Å²) in [4.78, 5) is 31.5. The van der Waals surface area contributed by atoms with Crippen molar-refractivity contribution in [2.75, 3.05) is 43.5 Å². The minimum Gasteiger partial charge on any atom is -0.459 e. The summed E-state index contributed by atoms with van der Waals surface area (Å²) in [6, 6.07) is 6.97. The fraction of sp³-hybridized carbons (Fsp3) is 0.312. The van der Waals surface area contributed by atoms with E-state index < -0.39 is 6.09 Å². The molecule has 8 nitrogen and oxygen atoms in total. The third-order valence-corrected chi connectivity index (χ3v) is 3.83. The zero-order valence-corrected chi connectivity index (χ0v) is 13.3. The van der Waals surface area contributed by atoms with Crippen LogP contribution < -0.4 is 10.2 Å². The second-order valence-corrected chi connectivity index (χ2v) is 5.27. The van der Waals surface area contributed by atoms with E-state index in [2.05, 4.69) is 19.9 Å². The van der Waals surface area contributed by atoms with Crippen molar-refractivity contribution in [1.82, 2.24) is 9.88 Å². The van der Waals surface area contributed by atoms with Crippen LogP contribution in [0.15, 0.2) is 41.1 Å². The van der Waals surface area contributed by atoms with Crippen molar-refractivity contribution in [3.8, 4) is 0 Å². The number of carbonyl (C=O) groups excluding carboxylic acids is 2. The fourth-order valence-corrected chi connectivity index (χ4v) is 2.53. The summed E-state index contributed by atoms with van der Waals surface area (Å²) < 4.78 is 9.67. The molecule has 2 aromatic rings. The van der Waals surface area contributed by atoms with Crippen LogP contribution in [0.2, 0.25) is 0 Å². The van der Waals surface area contributed by atoms with Gasteiger partial charge < -0.3 is 19.0 Å². The Morgan fingerprint density at radius 1 is 1.21 bits per heavy atom. The Bertz CT molecular complexity index is 691. The molecule has 3 rings (SSSR count). The SMILES string of the molecule is COC(=O)Nc1ccc(N2CCN(C(=O)c3ccco3)CC2)cn1. The Hall–Kier alpha value is -3.03. The van der Waals surface area contributed by atoms with Gasteiger partial charge in [-0.25, -0.2) is 9.78 Å². The number of hydrogen-bond donors (Lipinski definition) is 1. The molecule has 126 valence electrons. The smallest absolute Gasteiger partial charge is 0.412 e. The molecule has 0 radical (unpaired) electrons. The summed E-state index contributed by atoms with van der Waals surface area (Å²) >= 11 is 0. The molecule has 3 heterocycles. The van der Waals surface area contributed by atoms with Gasteiger partial charge in [-0.3, -0.25) is 10.1 Å².